The second-order valence-electron chi connectivity index (χ2n) is 7.16. The number of rotatable bonds is 6. The van der Waals surface area contributed by atoms with Gasteiger partial charge in [-0.15, -0.1) is 11.3 Å². The summed E-state index contributed by atoms with van der Waals surface area (Å²) in [5, 5.41) is 38.4. The molecule has 2 aromatic rings. The number of aliphatic hydroxyl groups is 3. The molecule has 0 bridgehead atoms. The molecule has 0 radical (unpaired) electrons. The molecule has 0 saturated heterocycles. The van der Waals surface area contributed by atoms with Crippen LogP contribution in [0.4, 0.5) is 11.8 Å². The molecule has 2 aromatic heterocycles. The van der Waals surface area contributed by atoms with Crippen LogP contribution in [0.5, 0.6) is 0 Å². The number of aliphatic hydroxyl groups excluding tert-OH is 3. The van der Waals surface area contributed by atoms with Crippen LogP contribution in [0.15, 0.2) is 16.4 Å². The first-order valence-corrected chi connectivity index (χ1v) is 9.99. The summed E-state index contributed by atoms with van der Waals surface area (Å²) >= 11 is 1.32. The molecule has 0 aliphatic heterocycles. The molecule has 2 aliphatic carbocycles. The van der Waals surface area contributed by atoms with Crippen molar-refractivity contribution >= 4 is 23.1 Å². The maximum atomic E-state index is 12.7. The summed E-state index contributed by atoms with van der Waals surface area (Å²) in [4.78, 5) is 24.2. The molecule has 0 amide bonds. The lowest BCUT2D eigenvalue weighted by Crippen LogP contribution is -2.36. The number of thiazole rings is 1. The second kappa shape index (κ2) is 7.55. The van der Waals surface area contributed by atoms with Gasteiger partial charge in [-0.1, -0.05) is 0 Å². The summed E-state index contributed by atoms with van der Waals surface area (Å²) < 4.78 is 0. The molecule has 0 aromatic carbocycles. The Kier molecular flexibility index (Phi) is 5.13. The molecule has 2 saturated carbocycles. The molecular formula is C17H23N5O4S. The fourth-order valence-corrected chi connectivity index (χ4v) is 4.24. The molecule has 10 heteroatoms. The van der Waals surface area contributed by atoms with E-state index in [1.165, 1.54) is 11.3 Å². The summed E-state index contributed by atoms with van der Waals surface area (Å²) in [6, 6.07) is -0.230. The van der Waals surface area contributed by atoms with E-state index in [0.29, 0.717) is 34.8 Å². The van der Waals surface area contributed by atoms with Gasteiger partial charge in [0, 0.05) is 30.1 Å². The maximum absolute atomic E-state index is 12.7. The van der Waals surface area contributed by atoms with E-state index in [1.54, 1.807) is 11.6 Å². The molecular weight excluding hydrogens is 370 g/mol. The van der Waals surface area contributed by atoms with E-state index in [4.69, 9.17) is 0 Å². The van der Waals surface area contributed by atoms with E-state index in [2.05, 4.69) is 25.6 Å². The Bertz CT molecular complexity index is 838. The van der Waals surface area contributed by atoms with Gasteiger partial charge in [-0.05, 0) is 25.7 Å². The average molecular weight is 393 g/mol. The van der Waals surface area contributed by atoms with E-state index in [1.807, 2.05) is 0 Å². The summed E-state index contributed by atoms with van der Waals surface area (Å²) in [5.74, 6) is 0.264. The third kappa shape index (κ3) is 3.57. The lowest BCUT2D eigenvalue weighted by Gasteiger charge is -2.27. The zero-order valence-corrected chi connectivity index (χ0v) is 15.4. The normalized spacial score (nSPS) is 28.1. The second-order valence-corrected chi connectivity index (χ2v) is 8.05. The van der Waals surface area contributed by atoms with Crippen LogP contribution in [0, 0.1) is 5.92 Å². The molecule has 2 fully saturated rings. The topological polar surface area (TPSA) is 143 Å². The van der Waals surface area contributed by atoms with E-state index < -0.39 is 24.2 Å². The number of H-pyrrole nitrogens is 1. The van der Waals surface area contributed by atoms with Gasteiger partial charge < -0.3 is 26.0 Å². The predicted octanol–water partition coefficient (Wildman–Crippen LogP) is 0.372. The average Bonchev–Trinajstić information content (AvgIpc) is 3.22. The molecule has 146 valence electrons. The first-order valence-electron chi connectivity index (χ1n) is 9.11. The van der Waals surface area contributed by atoms with Crippen LogP contribution >= 0.6 is 11.3 Å². The van der Waals surface area contributed by atoms with Crippen molar-refractivity contribution in [3.8, 4) is 10.6 Å². The van der Waals surface area contributed by atoms with Crippen LogP contribution in [0.2, 0.25) is 0 Å². The van der Waals surface area contributed by atoms with Gasteiger partial charge in [0.25, 0.3) is 5.56 Å². The Morgan fingerprint density at radius 2 is 2.07 bits per heavy atom. The lowest BCUT2D eigenvalue weighted by molar-refractivity contribution is 0.00446. The van der Waals surface area contributed by atoms with E-state index >= 15 is 0 Å². The molecule has 27 heavy (non-hydrogen) atoms. The molecule has 0 unspecified atom stereocenters. The first-order chi connectivity index (χ1) is 13.1. The minimum Gasteiger partial charge on any atom is -0.396 e. The fraction of sp³-hybridized carbons (Fsp3) is 0.588. The van der Waals surface area contributed by atoms with Crippen LogP contribution in [0.1, 0.15) is 25.7 Å². The zero-order valence-electron chi connectivity index (χ0n) is 14.6. The number of aromatic nitrogens is 3. The van der Waals surface area contributed by atoms with Gasteiger partial charge >= 0.3 is 0 Å². The minimum atomic E-state index is -1.06. The standard InChI is InChI=1S/C17H23N5O4S/c23-7-8-6-10(13(25)12(8)24)20-14-11(16-18-4-5-27-16)15(26)22-17(21-14)19-9-2-1-3-9/h4-5,8-10,12-13,23-25H,1-3,6-7H2,(H3,19,20,21,22,26)/t8-,10-,12-,13+/m1/s1. The Morgan fingerprint density at radius 1 is 1.26 bits per heavy atom. The number of hydrogen-bond acceptors (Lipinski definition) is 9. The van der Waals surface area contributed by atoms with Crippen LogP contribution in [-0.2, 0) is 0 Å². The zero-order chi connectivity index (χ0) is 19.0. The molecule has 0 spiro atoms. The van der Waals surface area contributed by atoms with Gasteiger partial charge in [0.15, 0.2) is 0 Å². The van der Waals surface area contributed by atoms with Crippen molar-refractivity contribution in [2.45, 2.75) is 50.0 Å². The molecule has 6 N–H and O–H groups in total. The Balaban J connectivity index is 1.67. The van der Waals surface area contributed by atoms with E-state index in [9.17, 15) is 20.1 Å². The molecule has 9 nitrogen and oxygen atoms in total. The van der Waals surface area contributed by atoms with Crippen molar-refractivity contribution in [1.29, 1.82) is 0 Å². The monoisotopic (exact) mass is 393 g/mol. The van der Waals surface area contributed by atoms with Crippen LogP contribution in [-0.4, -0.2) is 61.2 Å². The van der Waals surface area contributed by atoms with Crippen LogP contribution < -0.4 is 16.2 Å². The number of nitrogens with one attached hydrogen (secondary N) is 3. The van der Waals surface area contributed by atoms with Crippen LogP contribution in [0.25, 0.3) is 10.6 Å². The third-order valence-corrected chi connectivity index (χ3v) is 6.16. The first kappa shape index (κ1) is 18.4. The van der Waals surface area contributed by atoms with Gasteiger partial charge in [-0.2, -0.15) is 4.98 Å². The predicted molar refractivity (Wildman–Crippen MR) is 102 cm³/mol. The van der Waals surface area contributed by atoms with Crippen molar-refractivity contribution in [1.82, 2.24) is 15.0 Å². The minimum absolute atomic E-state index is 0.215. The summed E-state index contributed by atoms with van der Waals surface area (Å²) in [6.45, 7) is -0.215. The smallest absolute Gasteiger partial charge is 0.264 e. The van der Waals surface area contributed by atoms with Crippen molar-refractivity contribution < 1.29 is 15.3 Å². The number of nitrogens with zero attached hydrogens (tertiary/aromatic N) is 2. The molecule has 4 rings (SSSR count). The third-order valence-electron chi connectivity index (χ3n) is 5.37. The SMILES string of the molecule is O=c1[nH]c(NC2CCC2)nc(N[C@@H]2C[C@H](CO)[C@@H](O)[C@H]2O)c1-c1nccs1. The Labute approximate surface area is 159 Å². The van der Waals surface area contributed by atoms with Crippen molar-refractivity contribution in [3.05, 3.63) is 21.9 Å². The lowest BCUT2D eigenvalue weighted by atomic mass is 9.93. The fourth-order valence-electron chi connectivity index (χ4n) is 3.56. The molecule has 2 heterocycles. The highest BCUT2D eigenvalue weighted by atomic mass is 32.1. The summed E-state index contributed by atoms with van der Waals surface area (Å²) in [5.41, 5.74) is -0.0192. The highest BCUT2D eigenvalue weighted by Crippen LogP contribution is 2.32. The highest BCUT2D eigenvalue weighted by Gasteiger charge is 2.41. The van der Waals surface area contributed by atoms with Gasteiger partial charge in [-0.3, -0.25) is 9.78 Å². The van der Waals surface area contributed by atoms with Gasteiger partial charge in [0.2, 0.25) is 5.95 Å². The van der Waals surface area contributed by atoms with Gasteiger partial charge in [0.05, 0.1) is 12.1 Å². The van der Waals surface area contributed by atoms with Crippen LogP contribution in [0.3, 0.4) is 0 Å². The largest absolute Gasteiger partial charge is 0.396 e. The van der Waals surface area contributed by atoms with Gasteiger partial charge in [-0.25, -0.2) is 4.98 Å². The van der Waals surface area contributed by atoms with Crippen molar-refractivity contribution in [2.75, 3.05) is 17.2 Å². The molecule has 2 aliphatic rings. The summed E-state index contributed by atoms with van der Waals surface area (Å²) in [7, 11) is 0. The quantitative estimate of drug-likeness (QED) is 0.413. The number of anilines is 2. The van der Waals surface area contributed by atoms with E-state index in [0.717, 1.165) is 19.3 Å². The van der Waals surface area contributed by atoms with Crippen molar-refractivity contribution in [3.63, 3.8) is 0 Å². The highest BCUT2D eigenvalue weighted by molar-refractivity contribution is 7.13. The molecule has 4 atom stereocenters. The Hall–Kier alpha value is -2.01. The Morgan fingerprint density at radius 3 is 2.67 bits per heavy atom. The number of hydrogen-bond donors (Lipinski definition) is 6. The van der Waals surface area contributed by atoms with Gasteiger partial charge in [0.1, 0.15) is 22.5 Å². The van der Waals surface area contributed by atoms with Crippen molar-refractivity contribution in [2.24, 2.45) is 5.92 Å². The van der Waals surface area contributed by atoms with E-state index in [-0.39, 0.29) is 12.2 Å². The maximum Gasteiger partial charge on any atom is 0.264 e. The summed E-state index contributed by atoms with van der Waals surface area (Å²) in [6.07, 6.45) is 3.12. The number of aromatic amines is 1.